The van der Waals surface area contributed by atoms with E-state index in [9.17, 15) is 18.0 Å². The molecule has 27 heavy (non-hydrogen) atoms. The van der Waals surface area contributed by atoms with E-state index in [4.69, 9.17) is 4.74 Å². The fourth-order valence-electron chi connectivity index (χ4n) is 3.54. The molecule has 2 rings (SSSR count). The lowest BCUT2D eigenvalue weighted by Gasteiger charge is -2.30. The van der Waals surface area contributed by atoms with E-state index in [2.05, 4.69) is 24.1 Å². The van der Waals surface area contributed by atoms with Gasteiger partial charge in [-0.05, 0) is 44.6 Å². The molecule has 0 atom stereocenters. The molecule has 1 aliphatic carbocycles. The molecule has 0 aromatic carbocycles. The molecule has 0 bridgehead atoms. The van der Waals surface area contributed by atoms with Crippen molar-refractivity contribution in [2.45, 2.75) is 83.5 Å². The maximum Gasteiger partial charge on any atom is 0.417 e. The quantitative estimate of drug-likeness (QED) is 0.674. The van der Waals surface area contributed by atoms with Crippen LogP contribution in [0.15, 0.2) is 18.3 Å². The first-order chi connectivity index (χ1) is 12.8. The SMILES string of the molecule is CCCC(CCC)C(=O)NC1CCC(Oc2ccc(C(F)(F)F)cn2)CC1. The first-order valence-corrected chi connectivity index (χ1v) is 9.83. The van der Waals surface area contributed by atoms with Crippen molar-refractivity contribution in [3.8, 4) is 5.88 Å². The fraction of sp³-hybridized carbons (Fsp3) is 0.700. The maximum absolute atomic E-state index is 12.6. The van der Waals surface area contributed by atoms with Gasteiger partial charge in [-0.1, -0.05) is 26.7 Å². The van der Waals surface area contributed by atoms with Crippen LogP contribution in [0.2, 0.25) is 0 Å². The van der Waals surface area contributed by atoms with E-state index >= 15 is 0 Å². The van der Waals surface area contributed by atoms with Gasteiger partial charge in [0.05, 0.1) is 5.56 Å². The molecule has 4 nitrogen and oxygen atoms in total. The van der Waals surface area contributed by atoms with Crippen LogP contribution < -0.4 is 10.1 Å². The number of aromatic nitrogens is 1. The molecule has 152 valence electrons. The number of carbonyl (C=O) groups is 1. The molecule has 1 heterocycles. The number of pyridine rings is 1. The first-order valence-electron chi connectivity index (χ1n) is 9.83. The second-order valence-electron chi connectivity index (χ2n) is 7.26. The molecule has 1 aliphatic rings. The predicted octanol–water partition coefficient (Wildman–Crippen LogP) is 5.12. The van der Waals surface area contributed by atoms with Crippen molar-refractivity contribution in [3.05, 3.63) is 23.9 Å². The molecular weight excluding hydrogens is 357 g/mol. The zero-order valence-corrected chi connectivity index (χ0v) is 16.0. The summed E-state index contributed by atoms with van der Waals surface area (Å²) in [6.45, 7) is 4.18. The number of nitrogens with zero attached hydrogens (tertiary/aromatic N) is 1. The topological polar surface area (TPSA) is 51.2 Å². The second kappa shape index (κ2) is 9.95. The van der Waals surface area contributed by atoms with E-state index in [1.165, 1.54) is 6.07 Å². The Morgan fingerprint density at radius 2 is 1.81 bits per heavy atom. The predicted molar refractivity (Wildman–Crippen MR) is 97.4 cm³/mol. The summed E-state index contributed by atoms with van der Waals surface area (Å²) in [5.74, 6) is 0.444. The average molecular weight is 386 g/mol. The maximum atomic E-state index is 12.6. The summed E-state index contributed by atoms with van der Waals surface area (Å²) in [4.78, 5) is 16.2. The van der Waals surface area contributed by atoms with Crippen LogP contribution in [0.5, 0.6) is 5.88 Å². The minimum Gasteiger partial charge on any atom is -0.474 e. The molecule has 1 fully saturated rings. The first kappa shape index (κ1) is 21.5. The summed E-state index contributed by atoms with van der Waals surface area (Å²) in [7, 11) is 0. The van der Waals surface area contributed by atoms with Crippen LogP contribution >= 0.6 is 0 Å². The zero-order chi connectivity index (χ0) is 19.9. The third-order valence-electron chi connectivity index (χ3n) is 5.02. The summed E-state index contributed by atoms with van der Waals surface area (Å²) in [6.07, 6.45) is 3.26. The van der Waals surface area contributed by atoms with Crippen LogP contribution in [0.1, 0.15) is 70.8 Å². The Labute approximate surface area is 158 Å². The third-order valence-corrected chi connectivity index (χ3v) is 5.02. The van der Waals surface area contributed by atoms with Gasteiger partial charge in [0, 0.05) is 24.2 Å². The van der Waals surface area contributed by atoms with Crippen molar-refractivity contribution in [2.24, 2.45) is 5.92 Å². The van der Waals surface area contributed by atoms with E-state index in [-0.39, 0.29) is 29.9 Å². The van der Waals surface area contributed by atoms with Crippen LogP contribution in [0.25, 0.3) is 0 Å². The lowest BCUT2D eigenvalue weighted by molar-refractivity contribution is -0.137. The van der Waals surface area contributed by atoms with E-state index in [1.54, 1.807) is 0 Å². The van der Waals surface area contributed by atoms with Gasteiger partial charge in [-0.3, -0.25) is 4.79 Å². The number of hydrogen-bond acceptors (Lipinski definition) is 3. The van der Waals surface area contributed by atoms with Gasteiger partial charge in [0.2, 0.25) is 11.8 Å². The molecule has 1 aromatic rings. The monoisotopic (exact) mass is 386 g/mol. The molecule has 0 unspecified atom stereocenters. The molecule has 0 spiro atoms. The Bertz CT molecular complexity index is 576. The molecule has 0 aliphatic heterocycles. The largest absolute Gasteiger partial charge is 0.474 e. The molecule has 0 radical (unpaired) electrons. The van der Waals surface area contributed by atoms with Crippen molar-refractivity contribution in [3.63, 3.8) is 0 Å². The van der Waals surface area contributed by atoms with Crippen LogP contribution in [0.4, 0.5) is 13.2 Å². The number of ether oxygens (including phenoxy) is 1. The number of rotatable bonds is 8. The number of halogens is 3. The number of nitrogens with one attached hydrogen (secondary N) is 1. The Kier molecular flexibility index (Phi) is 7.92. The Balaban J connectivity index is 1.79. The minimum absolute atomic E-state index is 0.0792. The van der Waals surface area contributed by atoms with Crippen LogP contribution in [-0.2, 0) is 11.0 Å². The van der Waals surface area contributed by atoms with E-state index in [0.29, 0.717) is 0 Å². The smallest absolute Gasteiger partial charge is 0.417 e. The number of hydrogen-bond donors (Lipinski definition) is 1. The third kappa shape index (κ3) is 6.70. The van der Waals surface area contributed by atoms with Gasteiger partial charge in [0.1, 0.15) is 6.10 Å². The Hall–Kier alpha value is -1.79. The van der Waals surface area contributed by atoms with E-state index < -0.39 is 11.7 Å². The molecule has 1 N–H and O–H groups in total. The van der Waals surface area contributed by atoms with Gasteiger partial charge in [-0.2, -0.15) is 13.2 Å². The van der Waals surface area contributed by atoms with Gasteiger partial charge in [-0.25, -0.2) is 4.98 Å². The Morgan fingerprint density at radius 3 is 2.30 bits per heavy atom. The Morgan fingerprint density at radius 1 is 1.19 bits per heavy atom. The minimum atomic E-state index is -4.39. The van der Waals surface area contributed by atoms with Crippen LogP contribution in [0.3, 0.4) is 0 Å². The molecular formula is C20H29F3N2O2. The van der Waals surface area contributed by atoms with Gasteiger partial charge in [0.15, 0.2) is 0 Å². The van der Waals surface area contributed by atoms with Gasteiger partial charge >= 0.3 is 6.18 Å². The van der Waals surface area contributed by atoms with Gasteiger partial charge in [0.25, 0.3) is 0 Å². The second-order valence-corrected chi connectivity index (χ2v) is 7.26. The van der Waals surface area contributed by atoms with Crippen LogP contribution in [-0.4, -0.2) is 23.0 Å². The normalized spacial score (nSPS) is 20.5. The highest BCUT2D eigenvalue weighted by Gasteiger charge is 2.31. The summed E-state index contributed by atoms with van der Waals surface area (Å²) >= 11 is 0. The van der Waals surface area contributed by atoms with E-state index in [0.717, 1.165) is 63.6 Å². The van der Waals surface area contributed by atoms with Crippen LogP contribution in [0, 0.1) is 5.92 Å². The summed E-state index contributed by atoms with van der Waals surface area (Å²) < 4.78 is 43.4. The zero-order valence-electron chi connectivity index (χ0n) is 16.0. The fourth-order valence-corrected chi connectivity index (χ4v) is 3.54. The molecule has 1 saturated carbocycles. The highest BCUT2D eigenvalue weighted by atomic mass is 19.4. The lowest BCUT2D eigenvalue weighted by atomic mass is 9.91. The van der Waals surface area contributed by atoms with Gasteiger partial charge in [-0.15, -0.1) is 0 Å². The van der Waals surface area contributed by atoms with Gasteiger partial charge < -0.3 is 10.1 Å². The summed E-state index contributed by atoms with van der Waals surface area (Å²) in [5.41, 5.74) is -0.782. The number of amides is 1. The molecule has 1 amide bonds. The average Bonchev–Trinajstić information content (AvgIpc) is 2.63. The van der Waals surface area contributed by atoms with Crippen molar-refractivity contribution < 1.29 is 22.7 Å². The van der Waals surface area contributed by atoms with Crippen molar-refractivity contribution >= 4 is 5.91 Å². The van der Waals surface area contributed by atoms with Crippen molar-refractivity contribution in [1.82, 2.24) is 10.3 Å². The van der Waals surface area contributed by atoms with E-state index in [1.807, 2.05) is 0 Å². The summed E-state index contributed by atoms with van der Waals surface area (Å²) in [5, 5.41) is 3.16. The lowest BCUT2D eigenvalue weighted by Crippen LogP contribution is -2.42. The van der Waals surface area contributed by atoms with Crippen molar-refractivity contribution in [1.29, 1.82) is 0 Å². The molecule has 0 saturated heterocycles. The number of alkyl halides is 3. The highest BCUT2D eigenvalue weighted by Crippen LogP contribution is 2.30. The molecule has 1 aromatic heterocycles. The summed E-state index contributed by atoms with van der Waals surface area (Å²) in [6, 6.07) is 2.39. The number of carbonyl (C=O) groups excluding carboxylic acids is 1. The highest BCUT2D eigenvalue weighted by molar-refractivity contribution is 5.78. The molecule has 7 heteroatoms. The van der Waals surface area contributed by atoms with Crippen molar-refractivity contribution in [2.75, 3.05) is 0 Å². The standard InChI is InChI=1S/C20H29F3N2O2/c1-3-5-14(6-4-2)19(26)25-16-8-10-17(11-9-16)27-18-12-7-15(13-24-18)20(21,22)23/h7,12-14,16-17H,3-6,8-11H2,1-2H3,(H,25,26).